The summed E-state index contributed by atoms with van der Waals surface area (Å²) in [7, 11) is 0. The second kappa shape index (κ2) is 10.3. The molecule has 0 saturated heterocycles. The molecule has 1 aliphatic rings. The summed E-state index contributed by atoms with van der Waals surface area (Å²) in [5.41, 5.74) is 0.906. The summed E-state index contributed by atoms with van der Waals surface area (Å²) in [5, 5.41) is 3.72. The van der Waals surface area contributed by atoms with Crippen molar-refractivity contribution >= 4 is 23.4 Å². The minimum Gasteiger partial charge on any atom is -0.484 e. The molecule has 0 aromatic heterocycles. The molecule has 0 unspecified atom stereocenters. The third-order valence-corrected chi connectivity index (χ3v) is 5.49. The van der Waals surface area contributed by atoms with Crippen LogP contribution in [0.1, 0.15) is 38.2 Å². The second-order valence-electron chi connectivity index (χ2n) is 7.42. The molecule has 2 amide bonds. The van der Waals surface area contributed by atoms with Gasteiger partial charge in [0.25, 0.3) is 5.91 Å². The van der Waals surface area contributed by atoms with Crippen molar-refractivity contribution < 1.29 is 14.3 Å². The fraction of sp³-hybridized carbons (Fsp3) is 0.391. The molecule has 0 radical (unpaired) electrons. The fourth-order valence-corrected chi connectivity index (χ4v) is 3.63. The number of benzene rings is 2. The maximum absolute atomic E-state index is 13.0. The van der Waals surface area contributed by atoms with Gasteiger partial charge in [-0.2, -0.15) is 0 Å². The average molecular weight is 415 g/mol. The van der Waals surface area contributed by atoms with Crippen molar-refractivity contribution in [3.63, 3.8) is 0 Å². The summed E-state index contributed by atoms with van der Waals surface area (Å²) in [6, 6.07) is 16.1. The van der Waals surface area contributed by atoms with E-state index >= 15 is 0 Å². The highest BCUT2D eigenvalue weighted by Gasteiger charge is 2.28. The Morgan fingerprint density at radius 3 is 2.41 bits per heavy atom. The minimum absolute atomic E-state index is 0.126. The lowest BCUT2D eigenvalue weighted by Crippen LogP contribution is -2.50. The monoisotopic (exact) mass is 414 g/mol. The Kier molecular flexibility index (Phi) is 7.53. The number of para-hydroxylation sites is 1. The van der Waals surface area contributed by atoms with E-state index in [1.165, 1.54) is 0 Å². The fourth-order valence-electron chi connectivity index (χ4n) is 3.51. The first-order chi connectivity index (χ1) is 14.0. The van der Waals surface area contributed by atoms with E-state index in [2.05, 4.69) is 5.32 Å². The van der Waals surface area contributed by atoms with Gasteiger partial charge in [-0.15, -0.1) is 0 Å². The molecule has 2 aromatic rings. The molecule has 0 heterocycles. The summed E-state index contributed by atoms with van der Waals surface area (Å²) < 4.78 is 5.62. The molecule has 1 saturated carbocycles. The number of carbonyl (C=O) groups excluding carboxylic acids is 2. The average Bonchev–Trinajstić information content (AvgIpc) is 3.25. The molecule has 29 heavy (non-hydrogen) atoms. The quantitative estimate of drug-likeness (QED) is 0.704. The number of carbonyl (C=O) groups is 2. The summed E-state index contributed by atoms with van der Waals surface area (Å²) in [4.78, 5) is 27.3. The van der Waals surface area contributed by atoms with Crippen molar-refractivity contribution in [3.05, 3.63) is 65.2 Å². The molecule has 2 aromatic carbocycles. The summed E-state index contributed by atoms with van der Waals surface area (Å²) in [6.45, 7) is 1.95. The molecule has 3 rings (SSSR count). The van der Waals surface area contributed by atoms with E-state index in [0.29, 0.717) is 17.3 Å². The maximum Gasteiger partial charge on any atom is 0.261 e. The van der Waals surface area contributed by atoms with E-state index in [4.69, 9.17) is 16.3 Å². The molecule has 0 bridgehead atoms. The van der Waals surface area contributed by atoms with Crippen LogP contribution in [0.4, 0.5) is 0 Å². The van der Waals surface area contributed by atoms with Gasteiger partial charge in [0.1, 0.15) is 11.8 Å². The van der Waals surface area contributed by atoms with Gasteiger partial charge in [-0.1, -0.05) is 54.8 Å². The van der Waals surface area contributed by atoms with Crippen molar-refractivity contribution in [3.8, 4) is 5.75 Å². The molecule has 1 fully saturated rings. The van der Waals surface area contributed by atoms with Crippen LogP contribution in [0.3, 0.4) is 0 Å². The Morgan fingerprint density at radius 2 is 1.76 bits per heavy atom. The first kappa shape index (κ1) is 21.2. The van der Waals surface area contributed by atoms with E-state index in [-0.39, 0.29) is 24.5 Å². The van der Waals surface area contributed by atoms with Crippen LogP contribution in [0.5, 0.6) is 5.75 Å². The highest BCUT2D eigenvalue weighted by molar-refractivity contribution is 6.30. The van der Waals surface area contributed by atoms with Gasteiger partial charge in [-0.3, -0.25) is 9.59 Å². The molecule has 5 nitrogen and oxygen atoms in total. The predicted octanol–water partition coefficient (Wildman–Crippen LogP) is 4.19. The Morgan fingerprint density at radius 1 is 1.10 bits per heavy atom. The molecule has 0 spiro atoms. The van der Waals surface area contributed by atoms with E-state index in [0.717, 1.165) is 31.2 Å². The summed E-state index contributed by atoms with van der Waals surface area (Å²) in [6.07, 6.45) is 4.27. The van der Waals surface area contributed by atoms with Gasteiger partial charge < -0.3 is 15.0 Å². The van der Waals surface area contributed by atoms with Crippen LogP contribution in [0, 0.1) is 0 Å². The molecule has 0 aliphatic heterocycles. The zero-order valence-corrected chi connectivity index (χ0v) is 17.4. The number of rotatable bonds is 8. The lowest BCUT2D eigenvalue weighted by molar-refractivity contribution is -0.142. The minimum atomic E-state index is -0.599. The number of ether oxygens (including phenoxy) is 1. The van der Waals surface area contributed by atoms with E-state index in [1.54, 1.807) is 36.1 Å². The zero-order valence-electron chi connectivity index (χ0n) is 16.6. The molecule has 154 valence electrons. The van der Waals surface area contributed by atoms with Gasteiger partial charge in [0, 0.05) is 17.6 Å². The molecule has 1 N–H and O–H groups in total. The van der Waals surface area contributed by atoms with Crippen LogP contribution in [0.15, 0.2) is 54.6 Å². The number of nitrogens with zero attached hydrogens (tertiary/aromatic N) is 1. The van der Waals surface area contributed by atoms with Crippen LogP contribution in [0.25, 0.3) is 0 Å². The number of amides is 2. The topological polar surface area (TPSA) is 58.6 Å². The van der Waals surface area contributed by atoms with Gasteiger partial charge in [-0.25, -0.2) is 0 Å². The predicted molar refractivity (Wildman–Crippen MR) is 114 cm³/mol. The van der Waals surface area contributed by atoms with Crippen molar-refractivity contribution in [1.82, 2.24) is 10.2 Å². The smallest absolute Gasteiger partial charge is 0.261 e. The van der Waals surface area contributed by atoms with Gasteiger partial charge in [0.2, 0.25) is 5.91 Å². The Labute approximate surface area is 177 Å². The first-order valence-corrected chi connectivity index (χ1v) is 10.4. The van der Waals surface area contributed by atoms with Crippen molar-refractivity contribution in [2.45, 2.75) is 51.2 Å². The van der Waals surface area contributed by atoms with E-state index in [9.17, 15) is 9.59 Å². The van der Waals surface area contributed by atoms with Crippen LogP contribution in [-0.2, 0) is 16.1 Å². The third-order valence-electron chi connectivity index (χ3n) is 5.24. The number of hydrogen-bond donors (Lipinski definition) is 1. The normalized spacial score (nSPS) is 15.0. The van der Waals surface area contributed by atoms with Crippen LogP contribution in [-0.4, -0.2) is 35.4 Å². The SMILES string of the molecule is C[C@H](C(=O)NC1CCCC1)N(Cc1ccc(Cl)cc1)C(=O)COc1ccccc1. The van der Waals surface area contributed by atoms with Gasteiger partial charge in [0.15, 0.2) is 6.61 Å². The van der Waals surface area contributed by atoms with Gasteiger partial charge in [-0.05, 0) is 49.6 Å². The lowest BCUT2D eigenvalue weighted by atomic mass is 10.1. The zero-order chi connectivity index (χ0) is 20.6. The summed E-state index contributed by atoms with van der Waals surface area (Å²) >= 11 is 5.97. The molecule has 1 atom stereocenters. The molecule has 6 heteroatoms. The number of nitrogens with one attached hydrogen (secondary N) is 1. The number of halogens is 1. The maximum atomic E-state index is 13.0. The Hall–Kier alpha value is -2.53. The van der Waals surface area contributed by atoms with Crippen molar-refractivity contribution in [2.24, 2.45) is 0 Å². The van der Waals surface area contributed by atoms with Crippen LogP contribution in [0.2, 0.25) is 5.02 Å². The standard InChI is InChI=1S/C23H27ClN2O3/c1-17(23(28)25-20-7-5-6-8-20)26(15-18-11-13-19(24)14-12-18)22(27)16-29-21-9-3-2-4-10-21/h2-4,9-14,17,20H,5-8,15-16H2,1H3,(H,25,28)/t17-/m1/s1. The summed E-state index contributed by atoms with van der Waals surface area (Å²) in [5.74, 6) is 0.257. The highest BCUT2D eigenvalue weighted by atomic mass is 35.5. The molecule has 1 aliphatic carbocycles. The van der Waals surface area contributed by atoms with Crippen LogP contribution < -0.4 is 10.1 Å². The molecular weight excluding hydrogens is 388 g/mol. The Bertz CT molecular complexity index is 805. The van der Waals surface area contributed by atoms with Gasteiger partial charge in [0.05, 0.1) is 0 Å². The third kappa shape index (κ3) is 6.23. The lowest BCUT2D eigenvalue weighted by Gasteiger charge is -2.29. The largest absolute Gasteiger partial charge is 0.484 e. The van der Waals surface area contributed by atoms with E-state index in [1.807, 2.05) is 30.3 Å². The highest BCUT2D eigenvalue weighted by Crippen LogP contribution is 2.19. The molecular formula is C23H27ClN2O3. The second-order valence-corrected chi connectivity index (χ2v) is 7.85. The van der Waals surface area contributed by atoms with Crippen molar-refractivity contribution in [1.29, 1.82) is 0 Å². The van der Waals surface area contributed by atoms with Crippen LogP contribution >= 0.6 is 11.6 Å². The first-order valence-electron chi connectivity index (χ1n) is 10.0. The number of hydrogen-bond acceptors (Lipinski definition) is 3. The van der Waals surface area contributed by atoms with E-state index < -0.39 is 6.04 Å². The Balaban J connectivity index is 1.69. The van der Waals surface area contributed by atoms with Gasteiger partial charge >= 0.3 is 0 Å². The van der Waals surface area contributed by atoms with Crippen molar-refractivity contribution in [2.75, 3.05) is 6.61 Å².